The molecule has 7 heteroatoms. The third-order valence-corrected chi connectivity index (χ3v) is 7.53. The van der Waals surface area contributed by atoms with Crippen molar-refractivity contribution in [2.45, 2.75) is 36.3 Å². The molecule has 0 spiro atoms. The van der Waals surface area contributed by atoms with Crippen molar-refractivity contribution in [2.24, 2.45) is 0 Å². The predicted octanol–water partition coefficient (Wildman–Crippen LogP) is 1.70. The second-order valence-electron chi connectivity index (χ2n) is 5.60. The first-order chi connectivity index (χ1) is 10.1. The third kappa shape index (κ3) is 3.14. The smallest absolute Gasteiger partial charge is 0.252 e. The van der Waals surface area contributed by atoms with Crippen molar-refractivity contribution >= 4 is 27.3 Å². The molecule has 21 heavy (non-hydrogen) atoms. The Hall–Kier alpha value is -0.920. The molecule has 0 aromatic carbocycles. The van der Waals surface area contributed by atoms with E-state index in [2.05, 4.69) is 0 Å². The van der Waals surface area contributed by atoms with Crippen molar-refractivity contribution in [1.29, 1.82) is 0 Å². The molecule has 2 saturated heterocycles. The van der Waals surface area contributed by atoms with Crippen LogP contribution in [-0.2, 0) is 21.2 Å². The lowest BCUT2D eigenvalue weighted by molar-refractivity contribution is -0.129. The van der Waals surface area contributed by atoms with Gasteiger partial charge in [-0.3, -0.25) is 4.79 Å². The number of sulfonamides is 1. The van der Waals surface area contributed by atoms with E-state index < -0.39 is 10.0 Å². The van der Waals surface area contributed by atoms with Crippen molar-refractivity contribution in [3.8, 4) is 0 Å². The van der Waals surface area contributed by atoms with Crippen LogP contribution in [0.3, 0.4) is 0 Å². The van der Waals surface area contributed by atoms with Gasteiger partial charge in [-0.15, -0.1) is 11.3 Å². The first-order valence-electron chi connectivity index (χ1n) is 7.44. The summed E-state index contributed by atoms with van der Waals surface area (Å²) in [5, 5.41) is 0. The quantitative estimate of drug-likeness (QED) is 0.845. The van der Waals surface area contributed by atoms with E-state index in [0.29, 0.717) is 23.7 Å². The molecule has 3 heterocycles. The van der Waals surface area contributed by atoms with Crippen LogP contribution in [0.1, 0.15) is 30.6 Å². The summed E-state index contributed by atoms with van der Waals surface area (Å²) in [6.45, 7) is 2.90. The minimum absolute atomic E-state index is 0.111. The molecule has 0 bridgehead atoms. The largest absolute Gasteiger partial charge is 0.342 e. The average molecular weight is 328 g/mol. The molecule has 1 aromatic rings. The maximum Gasteiger partial charge on any atom is 0.252 e. The van der Waals surface area contributed by atoms with E-state index in [1.165, 1.54) is 11.3 Å². The Morgan fingerprint density at radius 3 is 2.33 bits per heavy atom. The van der Waals surface area contributed by atoms with Gasteiger partial charge in [0.2, 0.25) is 5.91 Å². The van der Waals surface area contributed by atoms with Crippen LogP contribution in [0.2, 0.25) is 0 Å². The minimum Gasteiger partial charge on any atom is -0.342 e. The third-order valence-electron chi connectivity index (χ3n) is 4.08. The second-order valence-corrected chi connectivity index (χ2v) is 8.93. The summed E-state index contributed by atoms with van der Waals surface area (Å²) in [6.07, 6.45) is 4.34. The first kappa shape index (κ1) is 15.0. The molecule has 2 aliphatic heterocycles. The topological polar surface area (TPSA) is 57.7 Å². The fourth-order valence-electron chi connectivity index (χ4n) is 2.87. The van der Waals surface area contributed by atoms with E-state index in [1.807, 2.05) is 4.90 Å². The maximum absolute atomic E-state index is 12.4. The maximum atomic E-state index is 12.4. The standard InChI is InChI=1S/C14H20N2O3S2/c17-13(15-7-1-2-8-15)11-12-5-6-14(20-12)21(18,19)16-9-3-4-10-16/h5-6H,1-4,7-11H2. The van der Waals surface area contributed by atoms with Crippen LogP contribution in [0.5, 0.6) is 0 Å². The van der Waals surface area contributed by atoms with Gasteiger partial charge >= 0.3 is 0 Å². The van der Waals surface area contributed by atoms with Gasteiger partial charge in [0, 0.05) is 31.1 Å². The van der Waals surface area contributed by atoms with Crippen LogP contribution in [0, 0.1) is 0 Å². The highest BCUT2D eigenvalue weighted by Gasteiger charge is 2.29. The number of carbonyl (C=O) groups excluding carboxylic acids is 1. The molecule has 3 rings (SSSR count). The fraction of sp³-hybridized carbons (Fsp3) is 0.643. The Labute approximate surface area is 129 Å². The Morgan fingerprint density at radius 1 is 1.05 bits per heavy atom. The molecule has 116 valence electrons. The zero-order valence-electron chi connectivity index (χ0n) is 12.0. The molecule has 0 atom stereocenters. The molecule has 2 fully saturated rings. The summed E-state index contributed by atoms with van der Waals surface area (Å²) < 4.78 is 26.8. The summed E-state index contributed by atoms with van der Waals surface area (Å²) in [5.74, 6) is 0.111. The average Bonchev–Trinajstić information content (AvgIpc) is 3.20. The van der Waals surface area contributed by atoms with Gasteiger partial charge in [-0.2, -0.15) is 4.31 Å². The van der Waals surface area contributed by atoms with Crippen molar-refractivity contribution in [3.05, 3.63) is 17.0 Å². The fourth-order valence-corrected chi connectivity index (χ4v) is 5.89. The highest BCUT2D eigenvalue weighted by atomic mass is 32.2. The van der Waals surface area contributed by atoms with E-state index in [4.69, 9.17) is 0 Å². The second kappa shape index (κ2) is 6.06. The van der Waals surface area contributed by atoms with E-state index in [0.717, 1.165) is 43.6 Å². The van der Waals surface area contributed by atoms with Gasteiger partial charge < -0.3 is 4.90 Å². The van der Waals surface area contributed by atoms with Gasteiger partial charge in [0.25, 0.3) is 10.0 Å². The lowest BCUT2D eigenvalue weighted by Crippen LogP contribution is -2.28. The Bertz CT molecular complexity index is 612. The number of rotatable bonds is 4. The number of likely N-dealkylation sites (tertiary alicyclic amines) is 1. The number of amides is 1. The normalized spacial score (nSPS) is 20.3. The Morgan fingerprint density at radius 2 is 1.67 bits per heavy atom. The lowest BCUT2D eigenvalue weighted by Gasteiger charge is -2.14. The number of thiophene rings is 1. The number of nitrogens with zero attached hydrogens (tertiary/aromatic N) is 2. The molecular formula is C14H20N2O3S2. The van der Waals surface area contributed by atoms with E-state index in [-0.39, 0.29) is 5.91 Å². The summed E-state index contributed by atoms with van der Waals surface area (Å²) in [6, 6.07) is 3.42. The van der Waals surface area contributed by atoms with Crippen LogP contribution in [0.25, 0.3) is 0 Å². The van der Waals surface area contributed by atoms with Crippen molar-refractivity contribution in [2.75, 3.05) is 26.2 Å². The molecule has 0 unspecified atom stereocenters. The SMILES string of the molecule is O=C(Cc1ccc(S(=O)(=O)N2CCCC2)s1)N1CCCC1. The number of hydrogen-bond donors (Lipinski definition) is 0. The van der Waals surface area contributed by atoms with E-state index in [1.54, 1.807) is 16.4 Å². The van der Waals surface area contributed by atoms with Crippen molar-refractivity contribution in [1.82, 2.24) is 9.21 Å². The highest BCUT2D eigenvalue weighted by molar-refractivity contribution is 7.91. The summed E-state index contributed by atoms with van der Waals surface area (Å²) in [4.78, 5) is 14.8. The van der Waals surface area contributed by atoms with Crippen molar-refractivity contribution < 1.29 is 13.2 Å². The molecular weight excluding hydrogens is 308 g/mol. The van der Waals surface area contributed by atoms with Gasteiger partial charge in [-0.05, 0) is 37.8 Å². The van der Waals surface area contributed by atoms with Crippen LogP contribution >= 0.6 is 11.3 Å². The van der Waals surface area contributed by atoms with Crippen LogP contribution in [0.4, 0.5) is 0 Å². The van der Waals surface area contributed by atoms with Gasteiger partial charge in [0.05, 0.1) is 6.42 Å². The zero-order valence-corrected chi connectivity index (χ0v) is 13.6. The molecule has 0 saturated carbocycles. The summed E-state index contributed by atoms with van der Waals surface area (Å²) in [5.41, 5.74) is 0. The van der Waals surface area contributed by atoms with Crippen LogP contribution in [-0.4, -0.2) is 49.7 Å². The number of hydrogen-bond acceptors (Lipinski definition) is 4. The molecule has 0 radical (unpaired) electrons. The highest BCUT2D eigenvalue weighted by Crippen LogP contribution is 2.28. The first-order valence-corrected chi connectivity index (χ1v) is 9.70. The van der Waals surface area contributed by atoms with E-state index in [9.17, 15) is 13.2 Å². The lowest BCUT2D eigenvalue weighted by atomic mass is 10.3. The van der Waals surface area contributed by atoms with E-state index >= 15 is 0 Å². The summed E-state index contributed by atoms with van der Waals surface area (Å²) >= 11 is 1.24. The van der Waals surface area contributed by atoms with Gasteiger partial charge in [-0.25, -0.2) is 8.42 Å². The van der Waals surface area contributed by atoms with Gasteiger partial charge in [0.15, 0.2) is 0 Å². The van der Waals surface area contributed by atoms with Crippen LogP contribution < -0.4 is 0 Å². The monoisotopic (exact) mass is 328 g/mol. The molecule has 2 aliphatic rings. The zero-order chi connectivity index (χ0) is 14.9. The molecule has 1 amide bonds. The molecule has 0 aliphatic carbocycles. The van der Waals surface area contributed by atoms with Crippen LogP contribution in [0.15, 0.2) is 16.3 Å². The summed E-state index contributed by atoms with van der Waals surface area (Å²) in [7, 11) is -3.35. The Balaban J connectivity index is 1.69. The van der Waals surface area contributed by atoms with Gasteiger partial charge in [0.1, 0.15) is 4.21 Å². The predicted molar refractivity (Wildman–Crippen MR) is 81.8 cm³/mol. The van der Waals surface area contributed by atoms with Crippen molar-refractivity contribution in [3.63, 3.8) is 0 Å². The molecule has 1 aromatic heterocycles. The molecule has 0 N–H and O–H groups in total. The number of carbonyl (C=O) groups is 1. The van der Waals surface area contributed by atoms with Gasteiger partial charge in [-0.1, -0.05) is 0 Å². The minimum atomic E-state index is -3.35. The Kier molecular flexibility index (Phi) is 4.33. The molecule has 5 nitrogen and oxygen atoms in total.